The number of carbonyl (C=O) groups excluding carboxylic acids is 2. The first kappa shape index (κ1) is 18.1. The van der Waals surface area contributed by atoms with Crippen LogP contribution in [0.4, 0.5) is 0 Å². The second-order valence-corrected chi connectivity index (χ2v) is 9.43. The predicted octanol–water partition coefficient (Wildman–Crippen LogP) is 5.58. The van der Waals surface area contributed by atoms with Gasteiger partial charge in [-0.25, -0.2) is 0 Å². The van der Waals surface area contributed by atoms with Crippen LogP contribution in [-0.4, -0.2) is 11.6 Å². The minimum atomic E-state index is -0.372. The maximum Gasteiger partial charge on any atom is 0.139 e. The lowest BCUT2D eigenvalue weighted by Crippen LogP contribution is -2.60. The van der Waals surface area contributed by atoms with Crippen LogP contribution in [0, 0.1) is 34.0 Å². The Hall–Kier alpha value is -0.660. The molecule has 4 rings (SSSR count). The molecule has 0 bridgehead atoms. The number of Topliss-reactive ketones (excluding diaryl/α,β-unsaturated/α-hetero) is 2. The van der Waals surface area contributed by atoms with E-state index in [1.54, 1.807) is 0 Å². The lowest BCUT2D eigenvalue weighted by Gasteiger charge is -2.62. The van der Waals surface area contributed by atoms with Crippen molar-refractivity contribution >= 4 is 11.6 Å². The van der Waals surface area contributed by atoms with Gasteiger partial charge in [0.1, 0.15) is 11.6 Å². The quantitative estimate of drug-likeness (QED) is 0.580. The van der Waals surface area contributed by atoms with E-state index in [0.29, 0.717) is 30.3 Å². The van der Waals surface area contributed by atoms with Crippen molar-refractivity contribution in [2.24, 2.45) is 34.0 Å². The monoisotopic (exact) mass is 332 g/mol. The Balaban J connectivity index is 0.000000815. The molecule has 0 aromatic heterocycles. The first-order valence-electron chi connectivity index (χ1n) is 10.4. The topological polar surface area (TPSA) is 34.1 Å². The third kappa shape index (κ3) is 2.13. The lowest BCUT2D eigenvalue weighted by atomic mass is 9.41. The van der Waals surface area contributed by atoms with Gasteiger partial charge < -0.3 is 0 Å². The first-order chi connectivity index (χ1) is 11.3. The maximum atomic E-state index is 13.2. The Morgan fingerprint density at radius 3 is 2.33 bits per heavy atom. The van der Waals surface area contributed by atoms with Gasteiger partial charge in [0.2, 0.25) is 0 Å². The molecular formula is C22H36O2. The summed E-state index contributed by atoms with van der Waals surface area (Å²) in [5.74, 6) is 2.21. The molecule has 0 saturated heterocycles. The molecule has 0 aromatic rings. The maximum absolute atomic E-state index is 13.2. The lowest BCUT2D eigenvalue weighted by molar-refractivity contribution is -0.172. The highest BCUT2D eigenvalue weighted by molar-refractivity contribution is 5.96. The zero-order valence-electron chi connectivity index (χ0n) is 16.4. The molecule has 0 amide bonds. The summed E-state index contributed by atoms with van der Waals surface area (Å²) in [4.78, 5) is 25.7. The van der Waals surface area contributed by atoms with Crippen molar-refractivity contribution < 1.29 is 9.59 Å². The normalized spacial score (nSPS) is 50.3. The van der Waals surface area contributed by atoms with E-state index in [4.69, 9.17) is 0 Å². The minimum absolute atomic E-state index is 0.0636. The Morgan fingerprint density at radius 2 is 1.62 bits per heavy atom. The molecule has 4 fully saturated rings. The van der Waals surface area contributed by atoms with Gasteiger partial charge >= 0.3 is 0 Å². The highest BCUT2D eigenvalue weighted by Gasteiger charge is 2.67. The summed E-state index contributed by atoms with van der Waals surface area (Å²) in [7, 11) is 0. The third-order valence-corrected chi connectivity index (χ3v) is 8.83. The van der Waals surface area contributed by atoms with E-state index in [2.05, 4.69) is 20.8 Å². The van der Waals surface area contributed by atoms with Gasteiger partial charge in [-0.3, -0.25) is 9.59 Å². The summed E-state index contributed by atoms with van der Waals surface area (Å²) in [6, 6.07) is 0. The fourth-order valence-electron chi connectivity index (χ4n) is 7.20. The number of carbonyl (C=O) groups is 2. The summed E-state index contributed by atoms with van der Waals surface area (Å²) >= 11 is 0. The van der Waals surface area contributed by atoms with E-state index in [1.807, 2.05) is 13.8 Å². The van der Waals surface area contributed by atoms with Gasteiger partial charge in [0.25, 0.3) is 0 Å². The number of hydrogen-bond donors (Lipinski definition) is 0. The fraction of sp³-hybridized carbons (Fsp3) is 0.909. The van der Waals surface area contributed by atoms with Crippen LogP contribution in [0.3, 0.4) is 0 Å². The number of rotatable bonds is 0. The smallest absolute Gasteiger partial charge is 0.139 e. The van der Waals surface area contributed by atoms with E-state index in [1.165, 1.54) is 38.5 Å². The average Bonchev–Trinajstić information content (AvgIpc) is 2.80. The highest BCUT2D eigenvalue weighted by Crippen LogP contribution is 2.69. The minimum Gasteiger partial charge on any atom is -0.299 e. The van der Waals surface area contributed by atoms with Crippen molar-refractivity contribution in [2.75, 3.05) is 0 Å². The standard InChI is InChI=1S/C20H30O2.C2H6/c1-18-10-5-4-6-13(18)7-8-14-17(18)15(21)12-20(3)16(22)9-11-19(14,20)2;1-2/h13-14,17H,4-12H2,1-3H3;1-2H3. The van der Waals surface area contributed by atoms with Gasteiger partial charge in [-0.15, -0.1) is 0 Å². The van der Waals surface area contributed by atoms with Gasteiger partial charge in [0, 0.05) is 24.2 Å². The summed E-state index contributed by atoms with van der Waals surface area (Å²) < 4.78 is 0. The van der Waals surface area contributed by atoms with Crippen molar-refractivity contribution in [3.8, 4) is 0 Å². The second-order valence-electron chi connectivity index (χ2n) is 9.43. The Kier molecular flexibility index (Phi) is 4.50. The molecule has 4 aliphatic rings. The Labute approximate surface area is 148 Å². The van der Waals surface area contributed by atoms with Gasteiger partial charge in [-0.05, 0) is 54.8 Å². The molecule has 0 aliphatic heterocycles. The molecule has 0 heterocycles. The van der Waals surface area contributed by atoms with Crippen LogP contribution < -0.4 is 0 Å². The second kappa shape index (κ2) is 5.95. The molecule has 4 aliphatic carbocycles. The van der Waals surface area contributed by atoms with Gasteiger partial charge in [-0.2, -0.15) is 0 Å². The van der Waals surface area contributed by atoms with Crippen molar-refractivity contribution in [3.05, 3.63) is 0 Å². The van der Waals surface area contributed by atoms with Crippen molar-refractivity contribution in [1.82, 2.24) is 0 Å². The zero-order valence-corrected chi connectivity index (χ0v) is 16.4. The molecule has 24 heavy (non-hydrogen) atoms. The summed E-state index contributed by atoms with van der Waals surface area (Å²) in [5, 5.41) is 0. The first-order valence-corrected chi connectivity index (χ1v) is 10.4. The molecule has 6 atom stereocenters. The molecule has 0 radical (unpaired) electrons. The average molecular weight is 333 g/mol. The zero-order chi connectivity index (χ0) is 17.8. The SMILES string of the molecule is CC.CC12CCCCC1CCC1C2C(=O)CC2(C)C(=O)CCC12C. The van der Waals surface area contributed by atoms with Crippen molar-refractivity contribution in [1.29, 1.82) is 0 Å². The van der Waals surface area contributed by atoms with Gasteiger partial charge in [0.15, 0.2) is 0 Å². The largest absolute Gasteiger partial charge is 0.299 e. The number of fused-ring (bicyclic) bond motifs is 5. The molecule has 4 saturated carbocycles. The summed E-state index contributed by atoms with van der Waals surface area (Å²) in [6.45, 7) is 10.9. The highest BCUT2D eigenvalue weighted by atomic mass is 16.1. The van der Waals surface area contributed by atoms with E-state index in [0.717, 1.165) is 12.3 Å². The summed E-state index contributed by atoms with van der Waals surface area (Å²) in [5.41, 5.74) is -0.0918. The number of hydrogen-bond acceptors (Lipinski definition) is 2. The van der Waals surface area contributed by atoms with E-state index in [9.17, 15) is 9.59 Å². The van der Waals surface area contributed by atoms with Gasteiger partial charge in [0.05, 0.1) is 0 Å². The van der Waals surface area contributed by atoms with E-state index < -0.39 is 0 Å². The van der Waals surface area contributed by atoms with Crippen LogP contribution in [0.5, 0.6) is 0 Å². The molecule has 6 unspecified atom stereocenters. The van der Waals surface area contributed by atoms with Crippen LogP contribution in [0.2, 0.25) is 0 Å². The summed E-state index contributed by atoms with van der Waals surface area (Å²) in [6.07, 6.45) is 9.87. The predicted molar refractivity (Wildman–Crippen MR) is 97.7 cm³/mol. The van der Waals surface area contributed by atoms with Crippen LogP contribution in [0.1, 0.15) is 92.4 Å². The fourth-order valence-corrected chi connectivity index (χ4v) is 7.20. The number of ketones is 2. The molecule has 0 N–H and O–H groups in total. The van der Waals surface area contributed by atoms with E-state index >= 15 is 0 Å². The van der Waals surface area contributed by atoms with Crippen LogP contribution in [0.25, 0.3) is 0 Å². The third-order valence-electron chi connectivity index (χ3n) is 8.83. The van der Waals surface area contributed by atoms with Crippen molar-refractivity contribution in [2.45, 2.75) is 92.4 Å². The molecule has 136 valence electrons. The molecule has 2 nitrogen and oxygen atoms in total. The van der Waals surface area contributed by atoms with Crippen molar-refractivity contribution in [3.63, 3.8) is 0 Å². The molecular weight excluding hydrogens is 296 g/mol. The molecule has 0 aromatic carbocycles. The Bertz CT molecular complexity index is 538. The van der Waals surface area contributed by atoms with E-state index in [-0.39, 0.29) is 22.2 Å². The molecule has 0 spiro atoms. The van der Waals surface area contributed by atoms with Crippen LogP contribution >= 0.6 is 0 Å². The van der Waals surface area contributed by atoms with Crippen LogP contribution in [-0.2, 0) is 9.59 Å². The van der Waals surface area contributed by atoms with Crippen LogP contribution in [0.15, 0.2) is 0 Å². The Morgan fingerprint density at radius 1 is 0.917 bits per heavy atom. The van der Waals surface area contributed by atoms with Gasteiger partial charge in [-0.1, -0.05) is 47.5 Å². The molecule has 2 heteroatoms.